The van der Waals surface area contributed by atoms with Gasteiger partial charge in [-0.05, 0) is 30.7 Å². The topological polar surface area (TPSA) is 111 Å². The molecule has 2 aromatic carbocycles. The Labute approximate surface area is 161 Å². The molecule has 3 rings (SSSR count). The summed E-state index contributed by atoms with van der Waals surface area (Å²) in [5.74, 6) is 1.17. The number of para-hydroxylation sites is 1. The number of hydrogen-bond donors (Lipinski definition) is 2. The van der Waals surface area contributed by atoms with Gasteiger partial charge in [0.25, 0.3) is 0 Å². The van der Waals surface area contributed by atoms with E-state index in [0.29, 0.717) is 22.9 Å². The lowest BCUT2D eigenvalue weighted by atomic mass is 10.2. The van der Waals surface area contributed by atoms with E-state index in [0.717, 1.165) is 5.56 Å². The molecule has 0 atom stereocenters. The molecule has 0 aliphatic carbocycles. The molecule has 0 aliphatic heterocycles. The van der Waals surface area contributed by atoms with Crippen molar-refractivity contribution in [3.05, 3.63) is 64.5 Å². The number of methoxy groups -OCH3 is 2. The molecule has 144 valence electrons. The van der Waals surface area contributed by atoms with Gasteiger partial charge >= 0.3 is 5.69 Å². The highest BCUT2D eigenvalue weighted by molar-refractivity contribution is 5.79. The van der Waals surface area contributed by atoms with E-state index < -0.39 is 4.92 Å². The zero-order valence-electron chi connectivity index (χ0n) is 15.6. The molecule has 28 heavy (non-hydrogen) atoms. The average molecular weight is 381 g/mol. The maximum absolute atomic E-state index is 11.8. The van der Waals surface area contributed by atoms with E-state index in [9.17, 15) is 10.1 Å². The van der Waals surface area contributed by atoms with Gasteiger partial charge in [-0.2, -0.15) is 0 Å². The van der Waals surface area contributed by atoms with E-state index in [1.807, 2.05) is 31.2 Å². The minimum atomic E-state index is -0.532. The fraction of sp³-hybridized carbons (Fsp3) is 0.158. The van der Waals surface area contributed by atoms with Crippen molar-refractivity contribution >= 4 is 28.7 Å². The summed E-state index contributed by atoms with van der Waals surface area (Å²) in [7, 11) is 3.04. The van der Waals surface area contributed by atoms with Crippen molar-refractivity contribution in [3.63, 3.8) is 0 Å². The van der Waals surface area contributed by atoms with Crippen molar-refractivity contribution in [2.75, 3.05) is 24.9 Å². The van der Waals surface area contributed by atoms with Crippen LogP contribution in [-0.2, 0) is 0 Å². The van der Waals surface area contributed by atoms with Crippen LogP contribution in [0.2, 0.25) is 0 Å². The van der Waals surface area contributed by atoms with Crippen molar-refractivity contribution in [3.8, 4) is 11.5 Å². The molecule has 0 unspecified atom stereocenters. The third kappa shape index (κ3) is 3.93. The van der Waals surface area contributed by atoms with Gasteiger partial charge < -0.3 is 20.1 Å². The Balaban J connectivity index is 2.03. The number of aromatic nitrogens is 2. The first-order chi connectivity index (χ1) is 13.5. The van der Waals surface area contributed by atoms with Gasteiger partial charge in [0.05, 0.1) is 24.8 Å². The highest BCUT2D eigenvalue weighted by Gasteiger charge is 2.24. The quantitative estimate of drug-likeness (QED) is 0.463. The Hall–Kier alpha value is -3.88. The van der Waals surface area contributed by atoms with Crippen LogP contribution in [0.3, 0.4) is 0 Å². The summed E-state index contributed by atoms with van der Waals surface area (Å²) >= 11 is 0. The van der Waals surface area contributed by atoms with Crippen LogP contribution in [0.15, 0.2) is 48.8 Å². The molecule has 9 nitrogen and oxygen atoms in total. The predicted octanol–water partition coefficient (Wildman–Crippen LogP) is 4.20. The molecular weight excluding hydrogens is 362 g/mol. The van der Waals surface area contributed by atoms with Gasteiger partial charge in [0.1, 0.15) is 17.8 Å². The first-order valence-corrected chi connectivity index (χ1v) is 8.34. The van der Waals surface area contributed by atoms with Gasteiger partial charge in [0, 0.05) is 11.8 Å². The van der Waals surface area contributed by atoms with E-state index in [1.165, 1.54) is 20.5 Å². The van der Waals surface area contributed by atoms with Crippen molar-refractivity contribution in [1.29, 1.82) is 0 Å². The number of aryl methyl sites for hydroxylation is 1. The molecule has 0 aliphatic rings. The molecule has 0 amide bonds. The Morgan fingerprint density at radius 1 is 0.964 bits per heavy atom. The molecule has 2 N–H and O–H groups in total. The van der Waals surface area contributed by atoms with E-state index in [2.05, 4.69) is 20.6 Å². The molecule has 0 spiro atoms. The fourth-order valence-corrected chi connectivity index (χ4v) is 2.61. The van der Waals surface area contributed by atoms with Gasteiger partial charge in [0.15, 0.2) is 0 Å². The number of benzene rings is 2. The molecule has 0 saturated heterocycles. The van der Waals surface area contributed by atoms with Crippen molar-refractivity contribution < 1.29 is 14.4 Å². The minimum Gasteiger partial charge on any atom is -0.497 e. The smallest absolute Gasteiger partial charge is 0.353 e. The van der Waals surface area contributed by atoms with Gasteiger partial charge in [-0.25, -0.2) is 9.97 Å². The highest BCUT2D eigenvalue weighted by atomic mass is 16.6. The average Bonchev–Trinajstić information content (AvgIpc) is 2.69. The van der Waals surface area contributed by atoms with E-state index in [4.69, 9.17) is 9.47 Å². The Morgan fingerprint density at radius 3 is 2.25 bits per heavy atom. The zero-order chi connectivity index (χ0) is 20.1. The van der Waals surface area contributed by atoms with Crippen LogP contribution in [0.1, 0.15) is 5.56 Å². The second-order valence-electron chi connectivity index (χ2n) is 5.81. The Kier molecular flexibility index (Phi) is 5.54. The van der Waals surface area contributed by atoms with Crippen LogP contribution in [0.25, 0.3) is 0 Å². The maximum atomic E-state index is 11.8. The first kappa shape index (κ1) is 18.9. The van der Waals surface area contributed by atoms with E-state index >= 15 is 0 Å². The lowest BCUT2D eigenvalue weighted by Gasteiger charge is -2.14. The van der Waals surface area contributed by atoms with Crippen LogP contribution < -0.4 is 20.1 Å². The monoisotopic (exact) mass is 381 g/mol. The Morgan fingerprint density at radius 2 is 1.64 bits per heavy atom. The molecule has 9 heteroatoms. The summed E-state index contributed by atoms with van der Waals surface area (Å²) < 4.78 is 10.5. The highest BCUT2D eigenvalue weighted by Crippen LogP contribution is 2.37. The van der Waals surface area contributed by atoms with Gasteiger partial charge in [-0.15, -0.1) is 0 Å². The molecule has 1 heterocycles. The normalized spacial score (nSPS) is 10.2. The van der Waals surface area contributed by atoms with Gasteiger partial charge in [-0.3, -0.25) is 10.1 Å². The minimum absolute atomic E-state index is 0.0302. The number of nitro groups is 1. The largest absolute Gasteiger partial charge is 0.497 e. The van der Waals surface area contributed by atoms with Gasteiger partial charge in [-0.1, -0.05) is 18.2 Å². The second-order valence-corrected chi connectivity index (χ2v) is 5.81. The van der Waals surface area contributed by atoms with Crippen LogP contribution in [0.5, 0.6) is 11.5 Å². The molecule has 0 bridgehead atoms. The molecule has 0 saturated carbocycles. The molecular formula is C19H19N5O4. The predicted molar refractivity (Wildman–Crippen MR) is 106 cm³/mol. The molecule has 0 radical (unpaired) electrons. The molecule has 3 aromatic rings. The standard InChI is InChI=1S/C19H19N5O4/c1-12-6-4-5-7-14(12)22-18-17(24(25)26)19(21-11-20-18)23-15-10-13(27-2)8-9-16(15)28-3/h4-11H,1-3H3,(H2,20,21,22,23). The summed E-state index contributed by atoms with van der Waals surface area (Å²) in [6, 6.07) is 12.5. The number of rotatable bonds is 7. The molecule has 0 fully saturated rings. The SMILES string of the molecule is COc1ccc(OC)c(Nc2ncnc(Nc3ccccc3C)c2[N+](=O)[O-])c1. The van der Waals surface area contributed by atoms with Crippen LogP contribution in [0, 0.1) is 17.0 Å². The van der Waals surface area contributed by atoms with Crippen LogP contribution in [0.4, 0.5) is 28.7 Å². The van der Waals surface area contributed by atoms with Crippen LogP contribution in [-0.4, -0.2) is 29.1 Å². The van der Waals surface area contributed by atoms with E-state index in [-0.39, 0.29) is 17.3 Å². The molecule has 1 aromatic heterocycles. The first-order valence-electron chi connectivity index (χ1n) is 8.34. The maximum Gasteiger partial charge on any atom is 0.353 e. The third-order valence-electron chi connectivity index (χ3n) is 4.06. The van der Waals surface area contributed by atoms with Crippen molar-refractivity contribution in [2.45, 2.75) is 6.92 Å². The van der Waals surface area contributed by atoms with Crippen LogP contribution >= 0.6 is 0 Å². The summed E-state index contributed by atoms with van der Waals surface area (Å²) in [6.45, 7) is 1.90. The fourth-order valence-electron chi connectivity index (χ4n) is 2.61. The summed E-state index contributed by atoms with van der Waals surface area (Å²) in [4.78, 5) is 19.3. The van der Waals surface area contributed by atoms with Gasteiger partial charge in [0.2, 0.25) is 11.6 Å². The number of anilines is 4. The summed E-state index contributed by atoms with van der Waals surface area (Å²) in [5.41, 5.74) is 1.84. The number of nitrogens with zero attached hydrogens (tertiary/aromatic N) is 3. The second kappa shape index (κ2) is 8.21. The Bertz CT molecular complexity index is 1010. The zero-order valence-corrected chi connectivity index (χ0v) is 15.6. The summed E-state index contributed by atoms with van der Waals surface area (Å²) in [6.07, 6.45) is 1.25. The number of ether oxygens (including phenoxy) is 2. The van der Waals surface area contributed by atoms with Crippen molar-refractivity contribution in [2.24, 2.45) is 0 Å². The van der Waals surface area contributed by atoms with E-state index in [1.54, 1.807) is 18.2 Å². The van der Waals surface area contributed by atoms with Crippen molar-refractivity contribution in [1.82, 2.24) is 9.97 Å². The number of hydrogen-bond acceptors (Lipinski definition) is 8. The lowest BCUT2D eigenvalue weighted by Crippen LogP contribution is -2.06. The number of nitrogens with one attached hydrogen (secondary N) is 2. The lowest BCUT2D eigenvalue weighted by molar-refractivity contribution is -0.383. The summed E-state index contributed by atoms with van der Waals surface area (Å²) in [5, 5.41) is 17.7. The third-order valence-corrected chi connectivity index (χ3v) is 4.06.